The highest BCUT2D eigenvalue weighted by molar-refractivity contribution is 6.31. The molecular formula is C19H22Cl2N2O4. The minimum Gasteiger partial charge on any atom is -0.422 e. The maximum atomic E-state index is 12.8. The van der Waals surface area contributed by atoms with Crippen LogP contribution in [-0.2, 0) is 4.74 Å². The van der Waals surface area contributed by atoms with Crippen molar-refractivity contribution in [2.75, 3.05) is 19.7 Å². The number of halogens is 2. The number of rotatable bonds is 2. The summed E-state index contributed by atoms with van der Waals surface area (Å²) >= 11 is 6.00. The fourth-order valence-electron chi connectivity index (χ4n) is 3.96. The third-order valence-electron chi connectivity index (χ3n) is 5.36. The maximum absolute atomic E-state index is 12.8. The standard InChI is InChI=1S/C19H21ClN2O4.ClH/c20-13-3-4-15-12(10-13)11-14(18(24)26-15)17(23)22-16-2-1-9-25-19(16)5-7-21-8-6-19;/h3-4,10-11,16,21H,1-2,5-9H2,(H,22,23);1H. The van der Waals surface area contributed by atoms with Gasteiger partial charge in [0.05, 0.1) is 11.6 Å². The summed E-state index contributed by atoms with van der Waals surface area (Å²) in [5, 5.41) is 7.50. The van der Waals surface area contributed by atoms with Gasteiger partial charge in [-0.1, -0.05) is 11.6 Å². The number of hydrogen-bond acceptors (Lipinski definition) is 5. The molecule has 1 aromatic carbocycles. The van der Waals surface area contributed by atoms with Gasteiger partial charge < -0.3 is 19.8 Å². The van der Waals surface area contributed by atoms with E-state index in [4.69, 9.17) is 20.8 Å². The van der Waals surface area contributed by atoms with Crippen LogP contribution in [0.15, 0.2) is 33.5 Å². The molecule has 3 heterocycles. The van der Waals surface area contributed by atoms with Crippen LogP contribution >= 0.6 is 24.0 Å². The molecule has 2 saturated heterocycles. The molecule has 2 aliphatic heterocycles. The van der Waals surface area contributed by atoms with Crippen molar-refractivity contribution in [1.82, 2.24) is 10.6 Å². The zero-order chi connectivity index (χ0) is 18.1. The first-order valence-corrected chi connectivity index (χ1v) is 9.34. The number of ether oxygens (including phenoxy) is 1. The lowest BCUT2D eigenvalue weighted by Crippen LogP contribution is -2.60. The fourth-order valence-corrected chi connectivity index (χ4v) is 4.14. The average molecular weight is 413 g/mol. The van der Waals surface area contributed by atoms with Crippen LogP contribution in [0.3, 0.4) is 0 Å². The Hall–Kier alpha value is -1.60. The van der Waals surface area contributed by atoms with E-state index >= 15 is 0 Å². The van der Waals surface area contributed by atoms with Gasteiger partial charge in [0.15, 0.2) is 0 Å². The van der Waals surface area contributed by atoms with E-state index in [1.807, 2.05) is 0 Å². The molecule has 27 heavy (non-hydrogen) atoms. The molecule has 0 radical (unpaired) electrons. The van der Waals surface area contributed by atoms with Crippen molar-refractivity contribution < 1.29 is 13.9 Å². The van der Waals surface area contributed by atoms with Crippen molar-refractivity contribution in [3.63, 3.8) is 0 Å². The van der Waals surface area contributed by atoms with Crippen LogP contribution in [0.5, 0.6) is 0 Å². The van der Waals surface area contributed by atoms with Crippen molar-refractivity contribution in [3.05, 3.63) is 45.3 Å². The first-order chi connectivity index (χ1) is 12.6. The molecule has 4 rings (SSSR count). The van der Waals surface area contributed by atoms with Gasteiger partial charge in [-0.25, -0.2) is 4.79 Å². The zero-order valence-corrected chi connectivity index (χ0v) is 16.3. The number of amides is 1. The Morgan fingerprint density at radius 1 is 1.26 bits per heavy atom. The summed E-state index contributed by atoms with van der Waals surface area (Å²) < 4.78 is 11.4. The summed E-state index contributed by atoms with van der Waals surface area (Å²) in [4.78, 5) is 25.1. The van der Waals surface area contributed by atoms with E-state index in [1.165, 1.54) is 0 Å². The summed E-state index contributed by atoms with van der Waals surface area (Å²) in [7, 11) is 0. The molecule has 146 valence electrons. The minimum atomic E-state index is -0.645. The highest BCUT2D eigenvalue weighted by atomic mass is 35.5. The summed E-state index contributed by atoms with van der Waals surface area (Å²) in [6.07, 6.45) is 3.43. The van der Waals surface area contributed by atoms with Crippen LogP contribution in [0, 0.1) is 0 Å². The van der Waals surface area contributed by atoms with Crippen LogP contribution in [-0.4, -0.2) is 37.2 Å². The van der Waals surface area contributed by atoms with Crippen LogP contribution in [0.2, 0.25) is 5.02 Å². The first-order valence-electron chi connectivity index (χ1n) is 8.96. The second-order valence-corrected chi connectivity index (χ2v) is 7.40. The van der Waals surface area contributed by atoms with Gasteiger partial charge in [0.1, 0.15) is 11.1 Å². The highest BCUT2D eigenvalue weighted by Gasteiger charge is 2.43. The lowest BCUT2D eigenvalue weighted by molar-refractivity contribution is -0.114. The molecule has 2 N–H and O–H groups in total. The van der Waals surface area contributed by atoms with Crippen LogP contribution in [0.1, 0.15) is 36.0 Å². The third kappa shape index (κ3) is 3.99. The molecule has 1 unspecified atom stereocenters. The lowest BCUT2D eigenvalue weighted by Gasteiger charge is -2.46. The number of hydrogen-bond donors (Lipinski definition) is 2. The number of piperidine rings is 1. The van der Waals surface area contributed by atoms with Gasteiger partial charge in [0, 0.05) is 17.0 Å². The Morgan fingerprint density at radius 2 is 2.04 bits per heavy atom. The van der Waals surface area contributed by atoms with Crippen molar-refractivity contribution in [2.45, 2.75) is 37.3 Å². The molecule has 1 aromatic heterocycles. The molecule has 1 spiro atoms. The molecule has 2 aromatic rings. The number of carbonyl (C=O) groups excluding carboxylic acids is 1. The Morgan fingerprint density at radius 3 is 2.81 bits per heavy atom. The molecule has 8 heteroatoms. The van der Waals surface area contributed by atoms with Crippen molar-refractivity contribution in [3.8, 4) is 0 Å². The molecule has 0 aliphatic carbocycles. The maximum Gasteiger partial charge on any atom is 0.349 e. The number of fused-ring (bicyclic) bond motifs is 1. The fraction of sp³-hybridized carbons (Fsp3) is 0.474. The zero-order valence-electron chi connectivity index (χ0n) is 14.8. The van der Waals surface area contributed by atoms with Gasteiger partial charge in [-0.3, -0.25) is 4.79 Å². The predicted molar refractivity (Wildman–Crippen MR) is 106 cm³/mol. The summed E-state index contributed by atoms with van der Waals surface area (Å²) in [5.41, 5.74) is -0.589. The molecule has 1 atom stereocenters. The van der Waals surface area contributed by atoms with Gasteiger partial charge in [-0.05, 0) is 63.0 Å². The smallest absolute Gasteiger partial charge is 0.349 e. The number of carbonyl (C=O) groups is 1. The molecule has 6 nitrogen and oxygen atoms in total. The summed E-state index contributed by atoms with van der Waals surface area (Å²) in [6, 6.07) is 6.38. The molecule has 0 saturated carbocycles. The van der Waals surface area contributed by atoms with Gasteiger partial charge in [0.2, 0.25) is 0 Å². The Bertz CT molecular complexity index is 885. The molecule has 1 amide bonds. The van der Waals surface area contributed by atoms with E-state index < -0.39 is 11.5 Å². The largest absolute Gasteiger partial charge is 0.422 e. The minimum absolute atomic E-state index is 0. The van der Waals surface area contributed by atoms with Gasteiger partial charge >= 0.3 is 5.63 Å². The van der Waals surface area contributed by atoms with E-state index in [0.29, 0.717) is 22.6 Å². The SMILES string of the molecule is Cl.O=C(NC1CCCOC12CCNCC2)c1cc2cc(Cl)ccc2oc1=O. The highest BCUT2D eigenvalue weighted by Crippen LogP contribution is 2.33. The topological polar surface area (TPSA) is 80.6 Å². The first kappa shape index (κ1) is 20.1. The summed E-state index contributed by atoms with van der Waals surface area (Å²) in [5.74, 6) is -0.422. The number of benzene rings is 1. The Kier molecular flexibility index (Phi) is 6.11. The van der Waals surface area contributed by atoms with Gasteiger partial charge in [-0.2, -0.15) is 0 Å². The third-order valence-corrected chi connectivity index (χ3v) is 5.59. The van der Waals surface area contributed by atoms with Crippen LogP contribution < -0.4 is 16.3 Å². The van der Waals surface area contributed by atoms with E-state index in [-0.39, 0.29) is 29.6 Å². The van der Waals surface area contributed by atoms with Gasteiger partial charge in [0.25, 0.3) is 5.91 Å². The van der Waals surface area contributed by atoms with Gasteiger partial charge in [-0.15, -0.1) is 12.4 Å². The van der Waals surface area contributed by atoms with E-state index in [9.17, 15) is 9.59 Å². The molecular weight excluding hydrogens is 391 g/mol. The van der Waals surface area contributed by atoms with E-state index in [0.717, 1.165) is 38.8 Å². The quantitative estimate of drug-likeness (QED) is 0.741. The van der Waals surface area contributed by atoms with E-state index in [2.05, 4.69) is 10.6 Å². The molecule has 2 fully saturated rings. The Balaban J connectivity index is 0.00000210. The van der Waals surface area contributed by atoms with E-state index in [1.54, 1.807) is 24.3 Å². The monoisotopic (exact) mass is 412 g/mol. The predicted octanol–water partition coefficient (Wildman–Crippen LogP) is 2.90. The van der Waals surface area contributed by atoms with Crippen LogP contribution in [0.25, 0.3) is 11.0 Å². The average Bonchev–Trinajstić information content (AvgIpc) is 2.64. The van der Waals surface area contributed by atoms with Crippen LogP contribution in [0.4, 0.5) is 0 Å². The lowest BCUT2D eigenvalue weighted by atomic mass is 9.80. The van der Waals surface area contributed by atoms with Crippen molar-refractivity contribution in [1.29, 1.82) is 0 Å². The Labute approximate surface area is 168 Å². The second-order valence-electron chi connectivity index (χ2n) is 6.96. The molecule has 0 bridgehead atoms. The van der Waals surface area contributed by atoms with Crippen molar-refractivity contribution >= 4 is 40.9 Å². The van der Waals surface area contributed by atoms with Crippen molar-refractivity contribution in [2.24, 2.45) is 0 Å². The second kappa shape index (κ2) is 8.19. The summed E-state index contributed by atoms with van der Waals surface area (Å²) in [6.45, 7) is 2.44. The normalized spacial score (nSPS) is 21.6. The number of nitrogens with one attached hydrogen (secondary N) is 2. The molecule has 2 aliphatic rings.